The minimum Gasteiger partial charge on any atom is -0.454 e. The van der Waals surface area contributed by atoms with Gasteiger partial charge in [-0.25, -0.2) is 0 Å². The fourth-order valence-electron chi connectivity index (χ4n) is 4.91. The van der Waals surface area contributed by atoms with Crippen molar-refractivity contribution in [3.05, 3.63) is 54.4 Å². The summed E-state index contributed by atoms with van der Waals surface area (Å²) in [7, 11) is 0. The van der Waals surface area contributed by atoms with E-state index in [2.05, 4.69) is 10.2 Å². The van der Waals surface area contributed by atoms with Crippen LogP contribution < -0.4 is 14.4 Å². The minimum atomic E-state index is -0.335. The second-order valence-electron chi connectivity index (χ2n) is 8.88. The average molecular weight is 460 g/mol. The number of fused-ring (bicyclic) bond motifs is 1. The Bertz CT molecular complexity index is 1230. The van der Waals surface area contributed by atoms with E-state index >= 15 is 0 Å². The molecule has 4 heterocycles. The van der Waals surface area contributed by atoms with E-state index in [-0.39, 0.29) is 36.9 Å². The van der Waals surface area contributed by atoms with Crippen LogP contribution in [0.3, 0.4) is 0 Å². The third-order valence-corrected chi connectivity index (χ3v) is 6.68. The van der Waals surface area contributed by atoms with E-state index in [9.17, 15) is 9.59 Å². The first kappa shape index (κ1) is 20.7. The molecule has 3 aliphatic rings. The van der Waals surface area contributed by atoms with Gasteiger partial charge in [-0.15, -0.1) is 10.2 Å². The van der Waals surface area contributed by atoms with Gasteiger partial charge in [-0.1, -0.05) is 18.2 Å². The number of para-hydroxylation sites is 1. The summed E-state index contributed by atoms with van der Waals surface area (Å²) in [5, 5.41) is 8.50. The number of benzene rings is 2. The van der Waals surface area contributed by atoms with Crippen LogP contribution in [-0.4, -0.2) is 53.3 Å². The fraction of sp³-hybridized carbons (Fsp3) is 0.360. The summed E-state index contributed by atoms with van der Waals surface area (Å²) in [6, 6.07) is 15.0. The summed E-state index contributed by atoms with van der Waals surface area (Å²) in [5.74, 6) is 1.93. The van der Waals surface area contributed by atoms with Crippen LogP contribution in [0.15, 0.2) is 52.9 Å². The molecule has 0 spiro atoms. The first-order chi connectivity index (χ1) is 16.7. The molecule has 0 radical (unpaired) electrons. The molecule has 174 valence electrons. The molecule has 2 amide bonds. The molecular formula is C25H24N4O5. The second-order valence-corrected chi connectivity index (χ2v) is 8.88. The molecule has 9 nitrogen and oxygen atoms in total. The normalized spacial score (nSPS) is 21.8. The maximum Gasteiger partial charge on any atom is 0.247 e. The van der Waals surface area contributed by atoms with Gasteiger partial charge in [-0.05, 0) is 43.2 Å². The van der Waals surface area contributed by atoms with Crippen molar-refractivity contribution in [1.29, 1.82) is 0 Å². The molecule has 2 aromatic carbocycles. The Morgan fingerprint density at radius 3 is 2.74 bits per heavy atom. The van der Waals surface area contributed by atoms with Gasteiger partial charge in [-0.3, -0.25) is 9.59 Å². The molecule has 3 aromatic rings. The van der Waals surface area contributed by atoms with Crippen molar-refractivity contribution in [3.8, 4) is 23.0 Å². The summed E-state index contributed by atoms with van der Waals surface area (Å²) < 4.78 is 16.8. The lowest BCUT2D eigenvalue weighted by molar-refractivity contribution is -0.137. The highest BCUT2D eigenvalue weighted by atomic mass is 16.7. The molecule has 0 saturated carbocycles. The molecule has 9 heteroatoms. The highest BCUT2D eigenvalue weighted by molar-refractivity contribution is 6.00. The summed E-state index contributed by atoms with van der Waals surface area (Å²) in [6.45, 7) is 1.80. The molecular weight excluding hydrogens is 436 g/mol. The molecule has 0 N–H and O–H groups in total. The second kappa shape index (κ2) is 8.48. The van der Waals surface area contributed by atoms with E-state index in [1.54, 1.807) is 4.90 Å². The molecule has 2 atom stereocenters. The standard InChI is InChI=1S/C25H24N4O5/c30-22-12-18(14-29(22)19-6-2-1-3-7-19)25(31)28-10-4-5-17(13-28)24-27-26-23(34-24)16-8-9-20-21(11-16)33-15-32-20/h1-3,6-9,11,17-18H,4-5,10,12-15H2. The number of hydrogen-bond donors (Lipinski definition) is 0. The van der Waals surface area contributed by atoms with Gasteiger partial charge in [0.15, 0.2) is 11.5 Å². The molecule has 2 fully saturated rings. The predicted molar refractivity (Wildman–Crippen MR) is 121 cm³/mol. The van der Waals surface area contributed by atoms with Crippen molar-refractivity contribution in [3.63, 3.8) is 0 Å². The zero-order chi connectivity index (χ0) is 23.1. The van der Waals surface area contributed by atoms with Crippen LogP contribution in [0.1, 0.15) is 31.1 Å². The molecule has 0 bridgehead atoms. The van der Waals surface area contributed by atoms with E-state index < -0.39 is 0 Å². The van der Waals surface area contributed by atoms with E-state index in [0.717, 1.165) is 24.1 Å². The van der Waals surface area contributed by atoms with Gasteiger partial charge in [0.05, 0.1) is 11.8 Å². The Balaban J connectivity index is 1.13. The van der Waals surface area contributed by atoms with Crippen LogP contribution >= 0.6 is 0 Å². The minimum absolute atomic E-state index is 0.0108. The van der Waals surface area contributed by atoms with Crippen molar-refractivity contribution in [2.45, 2.75) is 25.2 Å². The number of aromatic nitrogens is 2. The van der Waals surface area contributed by atoms with Gasteiger partial charge in [0, 0.05) is 37.3 Å². The first-order valence-electron chi connectivity index (χ1n) is 11.5. The Kier molecular flexibility index (Phi) is 5.16. The van der Waals surface area contributed by atoms with Crippen molar-refractivity contribution in [2.24, 2.45) is 5.92 Å². The number of likely N-dealkylation sites (tertiary alicyclic amines) is 1. The van der Waals surface area contributed by atoms with Crippen LogP contribution in [0.25, 0.3) is 11.5 Å². The quantitative estimate of drug-likeness (QED) is 0.590. The molecule has 6 rings (SSSR count). The van der Waals surface area contributed by atoms with Gasteiger partial charge in [0.1, 0.15) is 0 Å². The van der Waals surface area contributed by atoms with E-state index in [1.807, 2.05) is 53.4 Å². The topological polar surface area (TPSA) is 98.0 Å². The smallest absolute Gasteiger partial charge is 0.247 e. The molecule has 2 saturated heterocycles. The highest BCUT2D eigenvalue weighted by Gasteiger charge is 2.39. The number of carbonyl (C=O) groups excluding carboxylic acids is 2. The number of rotatable bonds is 4. The highest BCUT2D eigenvalue weighted by Crippen LogP contribution is 2.36. The Labute approximate surface area is 196 Å². The van der Waals surface area contributed by atoms with E-state index in [1.165, 1.54) is 0 Å². The summed E-state index contributed by atoms with van der Waals surface area (Å²) in [4.78, 5) is 29.4. The molecule has 1 aromatic heterocycles. The lowest BCUT2D eigenvalue weighted by Crippen LogP contribution is -2.43. The summed E-state index contributed by atoms with van der Waals surface area (Å²) in [6.07, 6.45) is 1.96. The largest absolute Gasteiger partial charge is 0.454 e. The number of ether oxygens (including phenoxy) is 2. The zero-order valence-corrected chi connectivity index (χ0v) is 18.6. The number of anilines is 1. The maximum atomic E-state index is 13.3. The first-order valence-corrected chi connectivity index (χ1v) is 11.5. The monoisotopic (exact) mass is 460 g/mol. The number of carbonyl (C=O) groups is 2. The number of piperidine rings is 1. The van der Waals surface area contributed by atoms with Gasteiger partial charge in [-0.2, -0.15) is 0 Å². The van der Waals surface area contributed by atoms with Crippen molar-refractivity contribution in [2.75, 3.05) is 31.3 Å². The Morgan fingerprint density at radius 1 is 1.00 bits per heavy atom. The molecule has 2 unspecified atom stereocenters. The van der Waals surface area contributed by atoms with Crippen LogP contribution in [0.4, 0.5) is 5.69 Å². The lowest BCUT2D eigenvalue weighted by Gasteiger charge is -2.32. The molecule has 3 aliphatic heterocycles. The molecule has 34 heavy (non-hydrogen) atoms. The Morgan fingerprint density at radius 2 is 1.85 bits per heavy atom. The maximum absolute atomic E-state index is 13.3. The van der Waals surface area contributed by atoms with Crippen molar-refractivity contribution in [1.82, 2.24) is 15.1 Å². The van der Waals surface area contributed by atoms with Crippen molar-refractivity contribution >= 4 is 17.5 Å². The predicted octanol–water partition coefficient (Wildman–Crippen LogP) is 3.22. The summed E-state index contributed by atoms with van der Waals surface area (Å²) in [5.41, 5.74) is 1.60. The molecule has 0 aliphatic carbocycles. The third-order valence-electron chi connectivity index (χ3n) is 6.68. The van der Waals surface area contributed by atoms with Gasteiger partial charge >= 0.3 is 0 Å². The van der Waals surface area contributed by atoms with Crippen molar-refractivity contribution < 1.29 is 23.5 Å². The van der Waals surface area contributed by atoms with E-state index in [4.69, 9.17) is 13.9 Å². The van der Waals surface area contributed by atoms with Gasteiger partial charge in [0.25, 0.3) is 0 Å². The van der Waals surface area contributed by atoms with Gasteiger partial charge < -0.3 is 23.7 Å². The van der Waals surface area contributed by atoms with Crippen LogP contribution in [0, 0.1) is 5.92 Å². The van der Waals surface area contributed by atoms with Crippen LogP contribution in [0.5, 0.6) is 11.5 Å². The number of amides is 2. The SMILES string of the molecule is O=C(C1CC(=O)N(c2ccccc2)C1)N1CCCC(c2nnc(-c3ccc4c(c3)OCO4)o2)C1. The van der Waals surface area contributed by atoms with E-state index in [0.29, 0.717) is 42.9 Å². The summed E-state index contributed by atoms with van der Waals surface area (Å²) >= 11 is 0. The lowest BCUT2D eigenvalue weighted by atomic mass is 9.96. The van der Waals surface area contributed by atoms with Gasteiger partial charge in [0.2, 0.25) is 30.4 Å². The number of hydrogen-bond acceptors (Lipinski definition) is 7. The third kappa shape index (κ3) is 3.76. The van der Waals surface area contributed by atoms with Crippen LogP contribution in [0.2, 0.25) is 0 Å². The average Bonchev–Trinajstić information content (AvgIpc) is 3.63. The van der Waals surface area contributed by atoms with Crippen LogP contribution in [-0.2, 0) is 9.59 Å². The fourth-order valence-corrected chi connectivity index (χ4v) is 4.91. The number of nitrogens with zero attached hydrogens (tertiary/aromatic N) is 4. The zero-order valence-electron chi connectivity index (χ0n) is 18.6. The Hall–Kier alpha value is -3.88.